The van der Waals surface area contributed by atoms with Crippen molar-refractivity contribution < 1.29 is 13.2 Å². The summed E-state index contributed by atoms with van der Waals surface area (Å²) < 4.78 is 35.5. The third-order valence-corrected chi connectivity index (χ3v) is 2.37. The predicted octanol–water partition coefficient (Wildman–Crippen LogP) is 3.89. The van der Waals surface area contributed by atoms with E-state index in [1.807, 2.05) is 6.92 Å². The number of alkyl halides is 3. The van der Waals surface area contributed by atoms with Gasteiger partial charge in [0.05, 0.1) is 0 Å². The van der Waals surface area contributed by atoms with Crippen molar-refractivity contribution in [3.63, 3.8) is 0 Å². The lowest BCUT2D eigenvalue weighted by Gasteiger charge is -2.14. The molecule has 0 aromatic heterocycles. The molecule has 0 radical (unpaired) electrons. The van der Waals surface area contributed by atoms with Crippen LogP contribution in [0.1, 0.15) is 52.4 Å². The Morgan fingerprint density at radius 1 is 1.13 bits per heavy atom. The van der Waals surface area contributed by atoms with Gasteiger partial charge in [-0.25, -0.2) is 0 Å². The quantitative estimate of drug-likeness (QED) is 0.618. The van der Waals surface area contributed by atoms with E-state index in [0.29, 0.717) is 6.42 Å². The van der Waals surface area contributed by atoms with Crippen LogP contribution in [0.5, 0.6) is 0 Å². The van der Waals surface area contributed by atoms with Gasteiger partial charge < -0.3 is 5.32 Å². The Bertz CT molecular complexity index is 145. The van der Waals surface area contributed by atoms with Crippen LogP contribution in [0.3, 0.4) is 0 Å². The Morgan fingerprint density at radius 3 is 2.33 bits per heavy atom. The smallest absolute Gasteiger partial charge is 0.314 e. The van der Waals surface area contributed by atoms with E-state index in [0.717, 1.165) is 13.0 Å². The van der Waals surface area contributed by atoms with Crippen LogP contribution < -0.4 is 5.32 Å². The molecule has 92 valence electrons. The van der Waals surface area contributed by atoms with E-state index in [4.69, 9.17) is 0 Å². The van der Waals surface area contributed by atoms with Crippen molar-refractivity contribution in [3.8, 4) is 0 Å². The molecule has 0 saturated carbocycles. The number of rotatable bonds is 8. The van der Waals surface area contributed by atoms with Crippen LogP contribution >= 0.6 is 0 Å². The average Bonchev–Trinajstić information content (AvgIpc) is 2.10. The fraction of sp³-hybridized carbons (Fsp3) is 1.00. The van der Waals surface area contributed by atoms with E-state index < -0.39 is 12.6 Å². The van der Waals surface area contributed by atoms with Crippen LogP contribution in [0, 0.1) is 0 Å². The van der Waals surface area contributed by atoms with Gasteiger partial charge in [-0.1, -0.05) is 19.8 Å². The van der Waals surface area contributed by atoms with Gasteiger partial charge in [0.2, 0.25) is 0 Å². The molecule has 0 aromatic rings. The van der Waals surface area contributed by atoms with Crippen LogP contribution in [0.25, 0.3) is 0 Å². The fourth-order valence-corrected chi connectivity index (χ4v) is 1.43. The van der Waals surface area contributed by atoms with Crippen molar-refractivity contribution in [2.75, 3.05) is 6.54 Å². The van der Waals surface area contributed by atoms with E-state index in [2.05, 4.69) is 12.2 Å². The minimum atomic E-state index is -4.00. The Labute approximate surface area is 90.4 Å². The molecule has 0 amide bonds. The molecule has 0 spiro atoms. The molecule has 0 aliphatic rings. The van der Waals surface area contributed by atoms with Crippen molar-refractivity contribution in [1.29, 1.82) is 0 Å². The maximum Gasteiger partial charge on any atom is 0.389 e. The highest BCUT2D eigenvalue weighted by Gasteiger charge is 2.26. The van der Waals surface area contributed by atoms with E-state index in [9.17, 15) is 13.2 Å². The summed E-state index contributed by atoms with van der Waals surface area (Å²) in [5.41, 5.74) is 0. The van der Waals surface area contributed by atoms with E-state index >= 15 is 0 Å². The summed E-state index contributed by atoms with van der Waals surface area (Å²) in [6.45, 7) is 5.00. The molecule has 1 atom stereocenters. The Morgan fingerprint density at radius 2 is 1.80 bits per heavy atom. The summed E-state index contributed by atoms with van der Waals surface area (Å²) >= 11 is 0. The van der Waals surface area contributed by atoms with Crippen molar-refractivity contribution in [2.45, 2.75) is 64.6 Å². The first kappa shape index (κ1) is 14.8. The number of nitrogens with one attached hydrogen (secondary N) is 1. The lowest BCUT2D eigenvalue weighted by molar-refractivity contribution is -0.135. The molecule has 1 N–H and O–H groups in total. The molecule has 0 fully saturated rings. The summed E-state index contributed by atoms with van der Waals surface area (Å²) in [5.74, 6) is 0. The van der Waals surface area contributed by atoms with Gasteiger partial charge in [-0.05, 0) is 32.7 Å². The standard InChI is InChI=1S/C11H22F3N/c1-3-4-5-9-15-10(2)7-6-8-11(12,13)14/h10,15H,3-9H2,1-2H3. The third kappa shape index (κ3) is 11.7. The molecule has 0 heterocycles. The summed E-state index contributed by atoms with van der Waals surface area (Å²) in [4.78, 5) is 0. The monoisotopic (exact) mass is 225 g/mol. The lowest BCUT2D eigenvalue weighted by Crippen LogP contribution is -2.27. The number of hydrogen-bond acceptors (Lipinski definition) is 1. The third-order valence-electron chi connectivity index (χ3n) is 2.37. The molecule has 4 heteroatoms. The molecular formula is C11H22F3N. The second-order valence-electron chi connectivity index (χ2n) is 4.07. The maximum absolute atomic E-state index is 11.8. The van der Waals surface area contributed by atoms with Crippen molar-refractivity contribution in [3.05, 3.63) is 0 Å². The zero-order chi connectivity index (χ0) is 11.7. The lowest BCUT2D eigenvalue weighted by atomic mass is 10.1. The predicted molar refractivity (Wildman–Crippen MR) is 56.9 cm³/mol. The molecule has 0 bridgehead atoms. The van der Waals surface area contributed by atoms with Gasteiger partial charge in [-0.3, -0.25) is 0 Å². The highest BCUT2D eigenvalue weighted by molar-refractivity contribution is 4.62. The molecule has 15 heavy (non-hydrogen) atoms. The van der Waals surface area contributed by atoms with Crippen molar-refractivity contribution >= 4 is 0 Å². The summed E-state index contributed by atoms with van der Waals surface area (Å²) in [6, 6.07) is 0.198. The molecule has 0 aliphatic heterocycles. The van der Waals surface area contributed by atoms with Crippen LogP contribution in [-0.2, 0) is 0 Å². The number of halogens is 3. The van der Waals surface area contributed by atoms with Gasteiger partial charge in [-0.15, -0.1) is 0 Å². The van der Waals surface area contributed by atoms with Crippen LogP contribution in [0.4, 0.5) is 13.2 Å². The Kier molecular flexibility index (Phi) is 7.83. The Hall–Kier alpha value is -0.250. The highest BCUT2D eigenvalue weighted by atomic mass is 19.4. The zero-order valence-corrected chi connectivity index (χ0v) is 9.66. The second kappa shape index (κ2) is 7.97. The number of hydrogen-bond donors (Lipinski definition) is 1. The highest BCUT2D eigenvalue weighted by Crippen LogP contribution is 2.22. The van der Waals surface area contributed by atoms with E-state index in [-0.39, 0.29) is 12.5 Å². The van der Waals surface area contributed by atoms with Gasteiger partial charge in [0.1, 0.15) is 0 Å². The molecule has 0 aliphatic carbocycles. The number of unbranched alkanes of at least 4 members (excludes halogenated alkanes) is 2. The largest absolute Gasteiger partial charge is 0.389 e. The first-order valence-corrected chi connectivity index (χ1v) is 5.76. The maximum atomic E-state index is 11.8. The molecule has 1 nitrogen and oxygen atoms in total. The second-order valence-corrected chi connectivity index (χ2v) is 4.07. The fourth-order valence-electron chi connectivity index (χ4n) is 1.43. The Balaban J connectivity index is 3.29. The summed E-state index contributed by atoms with van der Waals surface area (Å²) in [5, 5.41) is 3.24. The minimum Gasteiger partial charge on any atom is -0.314 e. The van der Waals surface area contributed by atoms with E-state index in [1.54, 1.807) is 0 Å². The SMILES string of the molecule is CCCCCNC(C)CCCC(F)(F)F. The molecule has 0 rings (SSSR count). The first-order valence-electron chi connectivity index (χ1n) is 5.76. The normalized spacial score (nSPS) is 14.2. The molecule has 0 saturated heterocycles. The van der Waals surface area contributed by atoms with Gasteiger partial charge in [0.25, 0.3) is 0 Å². The molecule has 1 unspecified atom stereocenters. The minimum absolute atomic E-state index is 0.198. The van der Waals surface area contributed by atoms with Gasteiger partial charge in [0.15, 0.2) is 0 Å². The van der Waals surface area contributed by atoms with Gasteiger partial charge in [0, 0.05) is 12.5 Å². The van der Waals surface area contributed by atoms with E-state index in [1.165, 1.54) is 12.8 Å². The molecule has 0 aromatic carbocycles. The average molecular weight is 225 g/mol. The van der Waals surface area contributed by atoms with Crippen LogP contribution in [0.15, 0.2) is 0 Å². The zero-order valence-electron chi connectivity index (χ0n) is 9.66. The first-order chi connectivity index (χ1) is 6.95. The molecular weight excluding hydrogens is 203 g/mol. The van der Waals surface area contributed by atoms with Crippen molar-refractivity contribution in [1.82, 2.24) is 5.32 Å². The van der Waals surface area contributed by atoms with Crippen molar-refractivity contribution in [2.24, 2.45) is 0 Å². The van der Waals surface area contributed by atoms with Gasteiger partial charge in [-0.2, -0.15) is 13.2 Å². The summed E-state index contributed by atoms with van der Waals surface area (Å²) in [7, 11) is 0. The summed E-state index contributed by atoms with van der Waals surface area (Å²) in [6.07, 6.45) is -0.362. The van der Waals surface area contributed by atoms with Crippen LogP contribution in [0.2, 0.25) is 0 Å². The van der Waals surface area contributed by atoms with Gasteiger partial charge >= 0.3 is 6.18 Å². The topological polar surface area (TPSA) is 12.0 Å². The van der Waals surface area contributed by atoms with Crippen LogP contribution in [-0.4, -0.2) is 18.8 Å².